The number of halogens is 1. The molecule has 0 saturated carbocycles. The van der Waals surface area contributed by atoms with E-state index in [1.807, 2.05) is 0 Å². The Morgan fingerprint density at radius 1 is 1.33 bits per heavy atom. The van der Waals surface area contributed by atoms with E-state index in [9.17, 15) is 9.59 Å². The number of hydrogen-bond acceptors (Lipinski definition) is 5. The topological polar surface area (TPSA) is 102 Å². The Morgan fingerprint density at radius 2 is 2.05 bits per heavy atom. The number of aromatic amines is 1. The monoisotopic (exact) mass is 310 g/mol. The molecule has 1 aromatic carbocycles. The van der Waals surface area contributed by atoms with Gasteiger partial charge in [-0.25, -0.2) is 9.78 Å². The van der Waals surface area contributed by atoms with E-state index in [2.05, 4.69) is 9.97 Å². The third kappa shape index (κ3) is 2.82. The first-order valence-electron chi connectivity index (χ1n) is 5.72. The van der Waals surface area contributed by atoms with Gasteiger partial charge in [-0.1, -0.05) is 11.6 Å². The summed E-state index contributed by atoms with van der Waals surface area (Å²) in [6.45, 7) is 0. The van der Waals surface area contributed by atoms with Gasteiger partial charge in [0.25, 0.3) is 5.56 Å². The number of nitrogens with zero attached hydrogens (tertiary/aromatic N) is 1. The van der Waals surface area contributed by atoms with E-state index in [-0.39, 0.29) is 10.8 Å². The molecular formula is C13H11ClN2O5. The Kier molecular flexibility index (Phi) is 4.13. The van der Waals surface area contributed by atoms with Gasteiger partial charge in [0, 0.05) is 11.8 Å². The van der Waals surface area contributed by atoms with Crippen LogP contribution < -0.4 is 15.0 Å². The second kappa shape index (κ2) is 5.84. The molecule has 1 aromatic heterocycles. The number of ether oxygens (including phenoxy) is 2. The van der Waals surface area contributed by atoms with Crippen LogP contribution >= 0.6 is 11.6 Å². The summed E-state index contributed by atoms with van der Waals surface area (Å²) in [6, 6.07) is 3.10. The van der Waals surface area contributed by atoms with Crippen molar-refractivity contribution < 1.29 is 19.4 Å². The van der Waals surface area contributed by atoms with Crippen LogP contribution in [0.2, 0.25) is 5.02 Å². The molecule has 0 unspecified atom stereocenters. The SMILES string of the molecule is COc1cc(-c2ncc(C(=O)O)c(=O)[nH]2)cc(Cl)c1OC. The number of carboxylic acid groups (broad SMARTS) is 1. The summed E-state index contributed by atoms with van der Waals surface area (Å²) in [5.41, 5.74) is -0.726. The largest absolute Gasteiger partial charge is 0.493 e. The van der Waals surface area contributed by atoms with Crippen LogP contribution in [-0.2, 0) is 0 Å². The number of methoxy groups -OCH3 is 2. The first kappa shape index (κ1) is 14.9. The van der Waals surface area contributed by atoms with Gasteiger partial charge in [0.05, 0.1) is 19.2 Å². The summed E-state index contributed by atoms with van der Waals surface area (Å²) in [7, 11) is 2.90. The van der Waals surface area contributed by atoms with Crippen LogP contribution in [0.15, 0.2) is 23.1 Å². The van der Waals surface area contributed by atoms with Gasteiger partial charge in [-0.15, -0.1) is 0 Å². The fraction of sp³-hybridized carbons (Fsp3) is 0.154. The quantitative estimate of drug-likeness (QED) is 0.893. The van der Waals surface area contributed by atoms with Crippen molar-refractivity contribution in [3.05, 3.63) is 39.3 Å². The highest BCUT2D eigenvalue weighted by molar-refractivity contribution is 6.32. The Hall–Kier alpha value is -2.54. The van der Waals surface area contributed by atoms with Crippen LogP contribution in [0.25, 0.3) is 11.4 Å². The lowest BCUT2D eigenvalue weighted by Crippen LogP contribution is -2.18. The summed E-state index contributed by atoms with van der Waals surface area (Å²) in [5.74, 6) is -0.453. The van der Waals surface area contributed by atoms with E-state index in [1.165, 1.54) is 20.3 Å². The van der Waals surface area contributed by atoms with Crippen LogP contribution in [0.4, 0.5) is 0 Å². The van der Waals surface area contributed by atoms with E-state index < -0.39 is 17.1 Å². The smallest absolute Gasteiger partial charge is 0.342 e. The van der Waals surface area contributed by atoms with Crippen molar-refractivity contribution in [2.24, 2.45) is 0 Å². The minimum Gasteiger partial charge on any atom is -0.493 e. The van der Waals surface area contributed by atoms with Gasteiger partial charge < -0.3 is 19.6 Å². The summed E-state index contributed by atoms with van der Waals surface area (Å²) < 4.78 is 10.3. The van der Waals surface area contributed by atoms with Crippen molar-refractivity contribution in [3.63, 3.8) is 0 Å². The van der Waals surface area contributed by atoms with Crippen molar-refractivity contribution in [2.75, 3.05) is 14.2 Å². The lowest BCUT2D eigenvalue weighted by atomic mass is 10.2. The fourth-order valence-electron chi connectivity index (χ4n) is 1.75. The second-order valence-corrected chi connectivity index (χ2v) is 4.38. The van der Waals surface area contributed by atoms with E-state index in [4.69, 9.17) is 26.2 Å². The molecule has 0 spiro atoms. The van der Waals surface area contributed by atoms with Gasteiger partial charge in [0.15, 0.2) is 11.5 Å². The van der Waals surface area contributed by atoms with Gasteiger partial charge in [-0.05, 0) is 12.1 Å². The standard InChI is InChI=1S/C13H11ClN2O5/c1-20-9-4-6(3-8(14)10(9)21-2)11-15-5-7(13(18)19)12(17)16-11/h3-5H,1-2H3,(H,18,19)(H,15,16,17). The molecule has 0 saturated heterocycles. The second-order valence-electron chi connectivity index (χ2n) is 3.97. The van der Waals surface area contributed by atoms with Crippen LogP contribution in [0.1, 0.15) is 10.4 Å². The zero-order valence-electron chi connectivity index (χ0n) is 11.1. The molecular weight excluding hydrogens is 300 g/mol. The number of hydrogen-bond donors (Lipinski definition) is 2. The molecule has 2 N–H and O–H groups in total. The molecule has 0 bridgehead atoms. The van der Waals surface area contributed by atoms with Gasteiger partial charge in [0.1, 0.15) is 11.4 Å². The zero-order valence-corrected chi connectivity index (χ0v) is 11.9. The van der Waals surface area contributed by atoms with Gasteiger partial charge >= 0.3 is 5.97 Å². The van der Waals surface area contributed by atoms with Gasteiger partial charge in [0.2, 0.25) is 0 Å². The summed E-state index contributed by atoms with van der Waals surface area (Å²) in [6.07, 6.45) is 0.987. The molecule has 8 heteroatoms. The number of H-pyrrole nitrogens is 1. The van der Waals surface area contributed by atoms with Crippen LogP contribution in [0.5, 0.6) is 11.5 Å². The number of carboxylic acids is 1. The molecule has 0 amide bonds. The maximum absolute atomic E-state index is 11.7. The molecule has 1 heterocycles. The molecule has 0 aliphatic rings. The van der Waals surface area contributed by atoms with Crippen molar-refractivity contribution in [1.82, 2.24) is 9.97 Å². The number of aromatic nitrogens is 2. The van der Waals surface area contributed by atoms with Crippen LogP contribution in [0, 0.1) is 0 Å². The molecule has 110 valence electrons. The first-order valence-corrected chi connectivity index (χ1v) is 6.10. The average molecular weight is 311 g/mol. The molecule has 0 fully saturated rings. The Morgan fingerprint density at radius 3 is 2.57 bits per heavy atom. The first-order chi connectivity index (χ1) is 9.97. The van der Waals surface area contributed by atoms with Crippen molar-refractivity contribution in [2.45, 2.75) is 0 Å². The van der Waals surface area contributed by atoms with Gasteiger partial charge in [-0.3, -0.25) is 4.79 Å². The number of nitrogens with one attached hydrogen (secondary N) is 1. The molecule has 7 nitrogen and oxygen atoms in total. The lowest BCUT2D eigenvalue weighted by Gasteiger charge is -2.11. The minimum atomic E-state index is -1.35. The molecule has 0 radical (unpaired) electrons. The molecule has 2 aromatic rings. The molecule has 0 aliphatic carbocycles. The van der Waals surface area contributed by atoms with E-state index in [0.717, 1.165) is 6.20 Å². The normalized spacial score (nSPS) is 10.2. The number of aromatic carboxylic acids is 1. The molecule has 2 rings (SSSR count). The molecule has 0 atom stereocenters. The zero-order chi connectivity index (χ0) is 15.6. The van der Waals surface area contributed by atoms with Crippen molar-refractivity contribution >= 4 is 17.6 Å². The molecule has 21 heavy (non-hydrogen) atoms. The highest BCUT2D eigenvalue weighted by atomic mass is 35.5. The predicted molar refractivity (Wildman–Crippen MR) is 75.4 cm³/mol. The highest BCUT2D eigenvalue weighted by Crippen LogP contribution is 2.38. The Balaban J connectivity index is 2.57. The fourth-order valence-corrected chi connectivity index (χ4v) is 2.04. The van der Waals surface area contributed by atoms with Gasteiger partial charge in [-0.2, -0.15) is 0 Å². The molecule has 0 aliphatic heterocycles. The summed E-state index contributed by atoms with van der Waals surface area (Å²) in [5, 5.41) is 9.08. The van der Waals surface area contributed by atoms with Crippen molar-refractivity contribution in [3.8, 4) is 22.9 Å². The van der Waals surface area contributed by atoms with Crippen molar-refractivity contribution in [1.29, 1.82) is 0 Å². The van der Waals surface area contributed by atoms with E-state index in [0.29, 0.717) is 17.1 Å². The van der Waals surface area contributed by atoms with Crippen LogP contribution in [0.3, 0.4) is 0 Å². The average Bonchev–Trinajstić information content (AvgIpc) is 2.45. The van der Waals surface area contributed by atoms with E-state index in [1.54, 1.807) is 6.07 Å². The third-order valence-corrected chi connectivity index (χ3v) is 3.02. The Labute approximate surface area is 124 Å². The number of benzene rings is 1. The highest BCUT2D eigenvalue weighted by Gasteiger charge is 2.15. The predicted octanol–water partition coefficient (Wildman–Crippen LogP) is 1.81. The van der Waals surface area contributed by atoms with Crippen LogP contribution in [-0.4, -0.2) is 35.3 Å². The third-order valence-electron chi connectivity index (χ3n) is 2.74. The lowest BCUT2D eigenvalue weighted by molar-refractivity contribution is 0.0694. The maximum Gasteiger partial charge on any atom is 0.342 e. The minimum absolute atomic E-state index is 0.174. The summed E-state index contributed by atoms with van der Waals surface area (Å²) >= 11 is 6.07. The summed E-state index contributed by atoms with van der Waals surface area (Å²) in [4.78, 5) is 28.7. The Bertz CT molecular complexity index is 757. The number of rotatable bonds is 4. The number of carbonyl (C=O) groups is 1. The van der Waals surface area contributed by atoms with E-state index >= 15 is 0 Å². The maximum atomic E-state index is 11.7.